The van der Waals surface area contributed by atoms with Crippen molar-refractivity contribution in [2.24, 2.45) is 0 Å². The van der Waals surface area contributed by atoms with Gasteiger partial charge in [-0.05, 0) is 33.6 Å². The molecule has 88 valence electrons. The first-order valence-corrected chi connectivity index (χ1v) is 6.19. The summed E-state index contributed by atoms with van der Waals surface area (Å²) in [6, 6.07) is 0.658. The molecule has 0 aromatic carbocycles. The predicted octanol–water partition coefficient (Wildman–Crippen LogP) is 1.24. The van der Waals surface area contributed by atoms with Crippen molar-refractivity contribution in [2.45, 2.75) is 51.4 Å². The molecule has 0 radical (unpaired) electrons. The summed E-state index contributed by atoms with van der Waals surface area (Å²) in [6.07, 6.45) is 2.89. The first-order chi connectivity index (χ1) is 7.07. The van der Waals surface area contributed by atoms with E-state index in [1.165, 1.54) is 19.4 Å². The first-order valence-electron chi connectivity index (χ1n) is 6.19. The molecular formula is C12H24N2O. The molecule has 2 heterocycles. The van der Waals surface area contributed by atoms with Gasteiger partial charge in [0.05, 0.1) is 11.7 Å². The van der Waals surface area contributed by atoms with Crippen molar-refractivity contribution in [1.29, 1.82) is 0 Å². The smallest absolute Gasteiger partial charge is 0.0710 e. The highest BCUT2D eigenvalue weighted by atomic mass is 16.5. The van der Waals surface area contributed by atoms with Crippen LogP contribution in [-0.2, 0) is 4.74 Å². The van der Waals surface area contributed by atoms with E-state index in [1.54, 1.807) is 0 Å². The lowest BCUT2D eigenvalue weighted by Crippen LogP contribution is -2.52. The van der Waals surface area contributed by atoms with Gasteiger partial charge >= 0.3 is 0 Å². The molecule has 0 aromatic heterocycles. The monoisotopic (exact) mass is 212 g/mol. The first kappa shape index (κ1) is 11.4. The van der Waals surface area contributed by atoms with Crippen LogP contribution in [0.25, 0.3) is 0 Å². The number of nitrogens with one attached hydrogen (secondary N) is 1. The molecule has 2 saturated heterocycles. The number of piperazine rings is 1. The zero-order valence-corrected chi connectivity index (χ0v) is 10.3. The van der Waals surface area contributed by atoms with E-state index >= 15 is 0 Å². The van der Waals surface area contributed by atoms with E-state index < -0.39 is 0 Å². The summed E-state index contributed by atoms with van der Waals surface area (Å²) in [6.45, 7) is 11.2. The second-order valence-electron chi connectivity index (χ2n) is 5.59. The van der Waals surface area contributed by atoms with Gasteiger partial charge < -0.3 is 10.1 Å². The molecule has 1 unspecified atom stereocenters. The Morgan fingerprint density at radius 2 is 2.27 bits per heavy atom. The molecule has 2 atom stereocenters. The molecule has 0 aromatic rings. The maximum Gasteiger partial charge on any atom is 0.0710 e. The van der Waals surface area contributed by atoms with Gasteiger partial charge in [0.15, 0.2) is 0 Å². The molecule has 0 bridgehead atoms. The fraction of sp³-hybridized carbons (Fsp3) is 1.00. The van der Waals surface area contributed by atoms with E-state index in [1.807, 2.05) is 0 Å². The van der Waals surface area contributed by atoms with Crippen LogP contribution in [0.15, 0.2) is 0 Å². The van der Waals surface area contributed by atoms with Gasteiger partial charge in [0, 0.05) is 32.2 Å². The summed E-state index contributed by atoms with van der Waals surface area (Å²) < 4.78 is 6.04. The minimum absolute atomic E-state index is 0.113. The van der Waals surface area contributed by atoms with Crippen LogP contribution in [0.4, 0.5) is 0 Å². The molecule has 3 nitrogen and oxygen atoms in total. The lowest BCUT2D eigenvalue weighted by atomic mass is 10.1. The molecular weight excluding hydrogens is 188 g/mol. The van der Waals surface area contributed by atoms with Gasteiger partial charge in [-0.25, -0.2) is 0 Å². The molecule has 0 spiro atoms. The topological polar surface area (TPSA) is 24.5 Å². The number of hydrogen-bond acceptors (Lipinski definition) is 3. The minimum Gasteiger partial charge on any atom is -0.371 e. The number of ether oxygens (including phenoxy) is 1. The molecule has 0 amide bonds. The summed E-state index contributed by atoms with van der Waals surface area (Å²) in [4.78, 5) is 2.56. The van der Waals surface area contributed by atoms with Gasteiger partial charge in [0.25, 0.3) is 0 Å². The van der Waals surface area contributed by atoms with E-state index in [0.29, 0.717) is 12.1 Å². The zero-order chi connectivity index (χ0) is 10.9. The highest BCUT2D eigenvalue weighted by Crippen LogP contribution is 2.29. The standard InChI is InChI=1S/C12H24N2O/c1-10-8-13-6-7-14(10)9-11-4-5-12(2,3)15-11/h10-11,13H,4-9H2,1-3H3/t10-,11?/m1/s1. The number of hydrogen-bond donors (Lipinski definition) is 1. The van der Waals surface area contributed by atoms with Crippen LogP contribution < -0.4 is 5.32 Å². The molecule has 0 saturated carbocycles. The third-order valence-electron chi connectivity index (χ3n) is 3.63. The van der Waals surface area contributed by atoms with Crippen LogP contribution >= 0.6 is 0 Å². The van der Waals surface area contributed by atoms with Crippen LogP contribution in [0, 0.1) is 0 Å². The van der Waals surface area contributed by atoms with Gasteiger partial charge in [-0.2, -0.15) is 0 Å². The van der Waals surface area contributed by atoms with Crippen molar-refractivity contribution >= 4 is 0 Å². The second kappa shape index (κ2) is 4.40. The predicted molar refractivity (Wildman–Crippen MR) is 62.1 cm³/mol. The van der Waals surface area contributed by atoms with E-state index in [2.05, 4.69) is 31.0 Å². The van der Waals surface area contributed by atoms with E-state index in [4.69, 9.17) is 4.74 Å². The van der Waals surface area contributed by atoms with Gasteiger partial charge in [0.1, 0.15) is 0 Å². The lowest BCUT2D eigenvalue weighted by Gasteiger charge is -2.35. The molecule has 1 N–H and O–H groups in total. The Kier molecular flexibility index (Phi) is 3.33. The van der Waals surface area contributed by atoms with Crippen LogP contribution in [-0.4, -0.2) is 48.8 Å². The molecule has 2 aliphatic rings. The SMILES string of the molecule is C[C@@H]1CNCCN1CC1CCC(C)(C)O1. The average molecular weight is 212 g/mol. The Balaban J connectivity index is 1.81. The van der Waals surface area contributed by atoms with Crippen LogP contribution in [0.5, 0.6) is 0 Å². The lowest BCUT2D eigenvalue weighted by molar-refractivity contribution is -0.0348. The Morgan fingerprint density at radius 1 is 1.47 bits per heavy atom. The molecule has 2 rings (SSSR count). The van der Waals surface area contributed by atoms with Crippen molar-refractivity contribution in [3.05, 3.63) is 0 Å². The van der Waals surface area contributed by atoms with Crippen LogP contribution in [0.2, 0.25) is 0 Å². The fourth-order valence-electron chi connectivity index (χ4n) is 2.62. The third kappa shape index (κ3) is 2.92. The van der Waals surface area contributed by atoms with Crippen molar-refractivity contribution in [3.8, 4) is 0 Å². The summed E-state index contributed by atoms with van der Waals surface area (Å²) in [7, 11) is 0. The summed E-state index contributed by atoms with van der Waals surface area (Å²) in [5.74, 6) is 0. The Bertz CT molecular complexity index is 218. The highest BCUT2D eigenvalue weighted by Gasteiger charge is 2.33. The van der Waals surface area contributed by atoms with Gasteiger partial charge in [-0.3, -0.25) is 4.90 Å². The third-order valence-corrected chi connectivity index (χ3v) is 3.63. The van der Waals surface area contributed by atoms with Crippen molar-refractivity contribution in [1.82, 2.24) is 10.2 Å². The van der Waals surface area contributed by atoms with Crippen molar-refractivity contribution < 1.29 is 4.74 Å². The van der Waals surface area contributed by atoms with Gasteiger partial charge in [-0.15, -0.1) is 0 Å². The van der Waals surface area contributed by atoms with Gasteiger partial charge in [0.2, 0.25) is 0 Å². The van der Waals surface area contributed by atoms with Crippen LogP contribution in [0.1, 0.15) is 33.6 Å². The summed E-state index contributed by atoms with van der Waals surface area (Å²) in [5, 5.41) is 3.42. The zero-order valence-electron chi connectivity index (χ0n) is 10.3. The highest BCUT2D eigenvalue weighted by molar-refractivity contribution is 4.85. The molecule has 2 aliphatic heterocycles. The van der Waals surface area contributed by atoms with E-state index in [0.717, 1.165) is 19.6 Å². The Morgan fingerprint density at radius 3 is 2.87 bits per heavy atom. The molecule has 2 fully saturated rings. The maximum atomic E-state index is 6.04. The van der Waals surface area contributed by atoms with Gasteiger partial charge in [-0.1, -0.05) is 0 Å². The Hall–Kier alpha value is -0.120. The summed E-state index contributed by atoms with van der Waals surface area (Å²) >= 11 is 0. The Labute approximate surface area is 93.2 Å². The van der Waals surface area contributed by atoms with E-state index in [9.17, 15) is 0 Å². The maximum absolute atomic E-state index is 6.04. The fourth-order valence-corrected chi connectivity index (χ4v) is 2.62. The van der Waals surface area contributed by atoms with Crippen molar-refractivity contribution in [2.75, 3.05) is 26.2 Å². The normalized spacial score (nSPS) is 37.0. The van der Waals surface area contributed by atoms with E-state index in [-0.39, 0.29) is 5.60 Å². The summed E-state index contributed by atoms with van der Waals surface area (Å²) in [5.41, 5.74) is 0.113. The minimum atomic E-state index is 0.113. The largest absolute Gasteiger partial charge is 0.371 e. The molecule has 3 heteroatoms. The molecule has 15 heavy (non-hydrogen) atoms. The average Bonchev–Trinajstić information content (AvgIpc) is 2.50. The van der Waals surface area contributed by atoms with Crippen molar-refractivity contribution in [3.63, 3.8) is 0 Å². The number of nitrogens with zero attached hydrogens (tertiary/aromatic N) is 1. The molecule has 0 aliphatic carbocycles. The number of rotatable bonds is 2. The van der Waals surface area contributed by atoms with Crippen LogP contribution in [0.3, 0.4) is 0 Å². The second-order valence-corrected chi connectivity index (χ2v) is 5.59. The quantitative estimate of drug-likeness (QED) is 0.745.